The van der Waals surface area contributed by atoms with Crippen molar-refractivity contribution in [3.63, 3.8) is 0 Å². The van der Waals surface area contributed by atoms with Crippen molar-refractivity contribution < 1.29 is 13.3 Å². The summed E-state index contributed by atoms with van der Waals surface area (Å²) in [6.45, 7) is 1.90. The fourth-order valence-corrected chi connectivity index (χ4v) is 3.67. The van der Waals surface area contributed by atoms with Crippen LogP contribution in [0.3, 0.4) is 0 Å². The van der Waals surface area contributed by atoms with Gasteiger partial charge in [0, 0.05) is 24.2 Å². The quantitative estimate of drug-likeness (QED) is 0.670. The zero-order chi connectivity index (χ0) is 20.5. The van der Waals surface area contributed by atoms with E-state index in [1.54, 1.807) is 0 Å². The molecule has 2 aromatic heterocycles. The van der Waals surface area contributed by atoms with Gasteiger partial charge in [-0.25, -0.2) is 13.6 Å². The number of hydrogen-bond donors (Lipinski definition) is 0. The van der Waals surface area contributed by atoms with Crippen molar-refractivity contribution in [1.82, 2.24) is 19.3 Å². The van der Waals surface area contributed by atoms with Crippen LogP contribution in [-0.4, -0.2) is 19.3 Å². The lowest BCUT2D eigenvalue weighted by Gasteiger charge is -2.16. The smallest absolute Gasteiger partial charge is 0.331 e. The summed E-state index contributed by atoms with van der Waals surface area (Å²) in [5.41, 5.74) is -0.496. The first-order chi connectivity index (χ1) is 14.0. The molecule has 0 unspecified atom stereocenters. The van der Waals surface area contributed by atoms with E-state index in [1.807, 2.05) is 6.92 Å². The van der Waals surface area contributed by atoms with E-state index >= 15 is 0 Å². The number of halogens is 2. The molecular formula is C20H20F2N4O3. The minimum atomic E-state index is -0.688. The maximum absolute atomic E-state index is 14.2. The second-order valence-electron chi connectivity index (χ2n) is 7.06. The van der Waals surface area contributed by atoms with Gasteiger partial charge in [0.1, 0.15) is 17.2 Å². The lowest BCUT2D eigenvalue weighted by atomic mass is 10.1. The summed E-state index contributed by atoms with van der Waals surface area (Å²) >= 11 is 0. The average Bonchev–Trinajstić information content (AvgIpc) is 3.04. The molecule has 1 aromatic carbocycles. The van der Waals surface area contributed by atoms with Crippen molar-refractivity contribution in [2.24, 2.45) is 0 Å². The maximum Gasteiger partial charge on any atom is 0.331 e. The number of fused-ring (bicyclic) bond motifs is 1. The number of aryl methyl sites for hydroxylation is 1. The Morgan fingerprint density at radius 1 is 1.17 bits per heavy atom. The first kappa shape index (κ1) is 19.2. The van der Waals surface area contributed by atoms with E-state index in [1.165, 1.54) is 4.57 Å². The number of rotatable bonds is 4. The summed E-state index contributed by atoms with van der Waals surface area (Å²) in [4.78, 5) is 30.6. The van der Waals surface area contributed by atoms with Gasteiger partial charge in [0.2, 0.25) is 11.7 Å². The minimum Gasteiger partial charge on any atom is -0.339 e. The molecule has 4 rings (SSSR count). The molecule has 0 aliphatic carbocycles. The first-order valence-corrected chi connectivity index (χ1v) is 9.63. The molecule has 29 heavy (non-hydrogen) atoms. The van der Waals surface area contributed by atoms with Gasteiger partial charge in [-0.1, -0.05) is 18.5 Å². The molecule has 0 fully saturated rings. The van der Waals surface area contributed by atoms with Crippen LogP contribution in [0.25, 0.3) is 11.4 Å². The Morgan fingerprint density at radius 3 is 2.76 bits per heavy atom. The predicted octanol–water partition coefficient (Wildman–Crippen LogP) is 2.68. The highest BCUT2D eigenvalue weighted by Crippen LogP contribution is 2.22. The molecule has 152 valence electrons. The lowest BCUT2D eigenvalue weighted by molar-refractivity contribution is 0.382. The van der Waals surface area contributed by atoms with Gasteiger partial charge in [0.25, 0.3) is 5.56 Å². The minimum absolute atomic E-state index is 0.0771. The van der Waals surface area contributed by atoms with Gasteiger partial charge in [-0.3, -0.25) is 13.9 Å². The zero-order valence-electron chi connectivity index (χ0n) is 16.0. The third-order valence-electron chi connectivity index (χ3n) is 5.16. The lowest BCUT2D eigenvalue weighted by Crippen LogP contribution is -2.43. The Morgan fingerprint density at radius 2 is 2.00 bits per heavy atom. The topological polar surface area (TPSA) is 82.9 Å². The third kappa shape index (κ3) is 3.52. The molecule has 0 saturated carbocycles. The van der Waals surface area contributed by atoms with E-state index in [4.69, 9.17) is 4.52 Å². The van der Waals surface area contributed by atoms with Crippen LogP contribution in [0.4, 0.5) is 8.78 Å². The van der Waals surface area contributed by atoms with Gasteiger partial charge in [0.15, 0.2) is 0 Å². The van der Waals surface area contributed by atoms with Gasteiger partial charge in [-0.2, -0.15) is 4.98 Å². The molecule has 3 heterocycles. The summed E-state index contributed by atoms with van der Waals surface area (Å²) in [6.07, 6.45) is 3.56. The summed E-state index contributed by atoms with van der Waals surface area (Å²) < 4.78 is 35.4. The monoisotopic (exact) mass is 402 g/mol. The number of nitrogens with zero attached hydrogens (tertiary/aromatic N) is 4. The van der Waals surface area contributed by atoms with Crippen LogP contribution in [0.2, 0.25) is 0 Å². The molecule has 0 bridgehead atoms. The number of aromatic nitrogens is 4. The molecule has 0 amide bonds. The Hall–Kier alpha value is -3.10. The standard InChI is InChI=1S/C20H20F2N4O3/c1-2-16-23-18(24-29-16)17-15-6-4-3-5-9-25(15)20(28)26(19(17)27)11-12-10-13(21)7-8-14(12)22/h7-8,10H,2-6,9,11H2,1H3. The van der Waals surface area contributed by atoms with Gasteiger partial charge >= 0.3 is 5.69 Å². The van der Waals surface area contributed by atoms with Crippen LogP contribution in [0.1, 0.15) is 43.3 Å². The van der Waals surface area contributed by atoms with Crippen molar-refractivity contribution in [2.75, 3.05) is 0 Å². The number of hydrogen-bond acceptors (Lipinski definition) is 5. The highest BCUT2D eigenvalue weighted by Gasteiger charge is 2.25. The van der Waals surface area contributed by atoms with E-state index < -0.39 is 22.9 Å². The van der Waals surface area contributed by atoms with Crippen LogP contribution in [0.15, 0.2) is 32.3 Å². The second-order valence-corrected chi connectivity index (χ2v) is 7.06. The molecule has 1 aliphatic rings. The van der Waals surface area contributed by atoms with E-state index in [0.717, 1.165) is 42.0 Å². The van der Waals surface area contributed by atoms with E-state index in [0.29, 0.717) is 31.0 Å². The van der Waals surface area contributed by atoms with Crippen LogP contribution < -0.4 is 11.2 Å². The Kier molecular flexibility index (Phi) is 5.12. The predicted molar refractivity (Wildman–Crippen MR) is 101 cm³/mol. The molecule has 0 radical (unpaired) electrons. The molecule has 3 aromatic rings. The van der Waals surface area contributed by atoms with Gasteiger partial charge < -0.3 is 4.52 Å². The average molecular weight is 402 g/mol. The van der Waals surface area contributed by atoms with Crippen LogP contribution in [0, 0.1) is 11.6 Å². The molecular weight excluding hydrogens is 382 g/mol. The van der Waals surface area contributed by atoms with Crippen molar-refractivity contribution in [1.29, 1.82) is 0 Å². The molecule has 0 spiro atoms. The van der Waals surface area contributed by atoms with Crippen LogP contribution >= 0.6 is 0 Å². The fourth-order valence-electron chi connectivity index (χ4n) is 3.67. The van der Waals surface area contributed by atoms with Gasteiger partial charge in [0.05, 0.1) is 6.54 Å². The molecule has 1 aliphatic heterocycles. The normalized spacial score (nSPS) is 13.9. The van der Waals surface area contributed by atoms with E-state index in [9.17, 15) is 18.4 Å². The molecule has 0 N–H and O–H groups in total. The van der Waals surface area contributed by atoms with Gasteiger partial charge in [-0.05, 0) is 37.5 Å². The Balaban J connectivity index is 1.95. The highest BCUT2D eigenvalue weighted by molar-refractivity contribution is 5.56. The van der Waals surface area contributed by atoms with E-state index in [-0.39, 0.29) is 23.5 Å². The summed E-state index contributed by atoms with van der Waals surface area (Å²) in [5, 5.41) is 3.92. The Labute approximate surface area is 164 Å². The van der Waals surface area contributed by atoms with Crippen molar-refractivity contribution >= 4 is 0 Å². The maximum atomic E-state index is 14.2. The SMILES string of the molecule is CCc1nc(-c2c3n(c(=O)n(Cc4cc(F)ccc4F)c2=O)CCCCC3)no1. The fraction of sp³-hybridized carbons (Fsp3) is 0.400. The molecule has 0 atom stereocenters. The summed E-state index contributed by atoms with van der Waals surface area (Å²) in [6, 6.07) is 2.95. The summed E-state index contributed by atoms with van der Waals surface area (Å²) in [7, 11) is 0. The van der Waals surface area contributed by atoms with Crippen LogP contribution in [0.5, 0.6) is 0 Å². The van der Waals surface area contributed by atoms with Crippen molar-refractivity contribution in [2.45, 2.75) is 52.1 Å². The first-order valence-electron chi connectivity index (χ1n) is 9.63. The molecule has 0 saturated heterocycles. The molecule has 7 nitrogen and oxygen atoms in total. The third-order valence-corrected chi connectivity index (χ3v) is 5.16. The zero-order valence-corrected chi connectivity index (χ0v) is 16.0. The number of benzene rings is 1. The Bertz CT molecular complexity index is 1180. The summed E-state index contributed by atoms with van der Waals surface area (Å²) in [5.74, 6) is -0.839. The van der Waals surface area contributed by atoms with E-state index in [2.05, 4.69) is 10.1 Å². The van der Waals surface area contributed by atoms with Crippen molar-refractivity contribution in [3.05, 3.63) is 67.8 Å². The van der Waals surface area contributed by atoms with Crippen molar-refractivity contribution in [3.8, 4) is 11.4 Å². The largest absolute Gasteiger partial charge is 0.339 e. The molecule has 9 heteroatoms. The van der Waals surface area contributed by atoms with Gasteiger partial charge in [-0.15, -0.1) is 0 Å². The highest BCUT2D eigenvalue weighted by atomic mass is 19.1. The second kappa shape index (κ2) is 7.73. The van der Waals surface area contributed by atoms with Crippen LogP contribution in [-0.2, 0) is 25.9 Å².